The Morgan fingerprint density at radius 1 is 1.33 bits per heavy atom. The van der Waals surface area contributed by atoms with E-state index in [2.05, 4.69) is 5.32 Å². The molecule has 0 aliphatic carbocycles. The molecule has 1 amide bonds. The molecule has 1 N–H and O–H groups in total. The molecular weight excluding hydrogens is 294 g/mol. The van der Waals surface area contributed by atoms with Crippen molar-refractivity contribution in [1.82, 2.24) is 0 Å². The highest BCUT2D eigenvalue weighted by atomic mass is 32.2. The van der Waals surface area contributed by atoms with Gasteiger partial charge in [0.2, 0.25) is 5.91 Å². The van der Waals surface area contributed by atoms with Crippen molar-refractivity contribution < 1.29 is 22.7 Å². The second-order valence-corrected chi connectivity index (χ2v) is 7.08. The number of sulfone groups is 1. The van der Waals surface area contributed by atoms with Crippen molar-refractivity contribution in [2.24, 2.45) is 5.92 Å². The van der Waals surface area contributed by atoms with Crippen molar-refractivity contribution in [3.8, 4) is 0 Å². The molecule has 2 rings (SSSR count). The molecule has 7 heteroatoms. The number of hydrogen-bond donors (Lipinski definition) is 1. The zero-order valence-electron chi connectivity index (χ0n) is 11.7. The summed E-state index contributed by atoms with van der Waals surface area (Å²) in [6.45, 7) is 1.93. The van der Waals surface area contributed by atoms with Gasteiger partial charge in [0.25, 0.3) is 0 Å². The third-order valence-electron chi connectivity index (χ3n) is 3.28. The van der Waals surface area contributed by atoms with Gasteiger partial charge in [-0.15, -0.1) is 0 Å². The average Bonchev–Trinajstić information content (AvgIpc) is 2.80. The van der Waals surface area contributed by atoms with Crippen LogP contribution in [0.5, 0.6) is 0 Å². The van der Waals surface area contributed by atoms with Gasteiger partial charge in [-0.1, -0.05) is 12.1 Å². The van der Waals surface area contributed by atoms with Gasteiger partial charge in [0.1, 0.15) is 0 Å². The topological polar surface area (TPSA) is 89.5 Å². The van der Waals surface area contributed by atoms with Gasteiger partial charge in [-0.3, -0.25) is 4.79 Å². The summed E-state index contributed by atoms with van der Waals surface area (Å²) in [7, 11) is -3.12. The minimum atomic E-state index is -3.12. The summed E-state index contributed by atoms with van der Waals surface area (Å²) in [5, 5.41) is 2.63. The Morgan fingerprint density at radius 2 is 2.05 bits per heavy atom. The summed E-state index contributed by atoms with van der Waals surface area (Å²) in [6.07, 6.45) is 0.315. The Kier molecular flexibility index (Phi) is 4.62. The fraction of sp³-hybridized carbons (Fsp3) is 0.429. The van der Waals surface area contributed by atoms with Crippen LogP contribution in [0.4, 0.5) is 5.69 Å². The van der Waals surface area contributed by atoms with E-state index < -0.39 is 21.7 Å². The van der Waals surface area contributed by atoms with E-state index in [1.165, 1.54) is 0 Å². The molecule has 0 spiro atoms. The van der Waals surface area contributed by atoms with Crippen molar-refractivity contribution in [2.45, 2.75) is 13.3 Å². The van der Waals surface area contributed by atoms with Gasteiger partial charge < -0.3 is 10.1 Å². The summed E-state index contributed by atoms with van der Waals surface area (Å²) < 4.78 is 27.7. The molecule has 114 valence electrons. The number of benzene rings is 1. The van der Waals surface area contributed by atoms with Gasteiger partial charge in [0, 0.05) is 0 Å². The molecule has 1 aliphatic heterocycles. The fourth-order valence-corrected chi connectivity index (χ4v) is 3.96. The zero-order valence-corrected chi connectivity index (χ0v) is 12.5. The first-order valence-electron chi connectivity index (χ1n) is 6.70. The number of para-hydroxylation sites is 1. The number of ether oxygens (including phenoxy) is 1. The summed E-state index contributed by atoms with van der Waals surface area (Å²) in [5.41, 5.74) is 0.596. The fourth-order valence-electron chi connectivity index (χ4n) is 2.22. The number of nitrogens with one attached hydrogen (secondary N) is 1. The molecule has 1 fully saturated rings. The van der Waals surface area contributed by atoms with Crippen LogP contribution in [0.25, 0.3) is 0 Å². The van der Waals surface area contributed by atoms with E-state index in [4.69, 9.17) is 4.74 Å². The number of rotatable bonds is 4. The van der Waals surface area contributed by atoms with E-state index in [9.17, 15) is 18.0 Å². The number of amides is 1. The second-order valence-electron chi connectivity index (χ2n) is 4.86. The van der Waals surface area contributed by atoms with E-state index in [1.54, 1.807) is 31.2 Å². The lowest BCUT2D eigenvalue weighted by atomic mass is 10.1. The summed E-state index contributed by atoms with van der Waals surface area (Å²) in [6, 6.07) is 6.50. The Bertz CT molecular complexity index is 653. The summed E-state index contributed by atoms with van der Waals surface area (Å²) in [5.74, 6) is -1.57. The minimum absolute atomic E-state index is 0.0324. The maximum atomic E-state index is 12.1. The van der Waals surface area contributed by atoms with Crippen molar-refractivity contribution >= 4 is 27.4 Å². The molecule has 1 atom stereocenters. The molecule has 1 aromatic carbocycles. The number of carbonyl (C=O) groups is 2. The SMILES string of the molecule is CCOC(=O)c1ccccc1NC(=O)C1CCS(=O)(=O)C1. The summed E-state index contributed by atoms with van der Waals surface area (Å²) in [4.78, 5) is 23.9. The van der Waals surface area contributed by atoms with Crippen LogP contribution in [0.1, 0.15) is 23.7 Å². The molecular formula is C14H17NO5S. The van der Waals surface area contributed by atoms with Crippen molar-refractivity contribution in [3.63, 3.8) is 0 Å². The highest BCUT2D eigenvalue weighted by Gasteiger charge is 2.33. The van der Waals surface area contributed by atoms with Crippen LogP contribution in [0.3, 0.4) is 0 Å². The van der Waals surface area contributed by atoms with Crippen LogP contribution in [-0.4, -0.2) is 38.4 Å². The van der Waals surface area contributed by atoms with Crippen LogP contribution in [-0.2, 0) is 19.4 Å². The predicted octanol–water partition coefficient (Wildman–Crippen LogP) is 1.24. The third kappa shape index (κ3) is 3.81. The monoisotopic (exact) mass is 311 g/mol. The zero-order chi connectivity index (χ0) is 15.5. The molecule has 6 nitrogen and oxygen atoms in total. The molecule has 1 aromatic rings. The van der Waals surface area contributed by atoms with E-state index in [1.807, 2.05) is 0 Å². The van der Waals surface area contributed by atoms with Crippen LogP contribution < -0.4 is 5.32 Å². The molecule has 1 saturated heterocycles. The molecule has 1 aliphatic rings. The van der Waals surface area contributed by atoms with Gasteiger partial charge in [0.05, 0.1) is 35.3 Å². The van der Waals surface area contributed by atoms with Crippen LogP contribution in [0, 0.1) is 5.92 Å². The Balaban J connectivity index is 2.13. The lowest BCUT2D eigenvalue weighted by Gasteiger charge is -2.12. The van der Waals surface area contributed by atoms with Gasteiger partial charge in [-0.05, 0) is 25.5 Å². The lowest BCUT2D eigenvalue weighted by Crippen LogP contribution is -2.25. The maximum Gasteiger partial charge on any atom is 0.340 e. The lowest BCUT2D eigenvalue weighted by molar-refractivity contribution is -0.119. The Labute approximate surface area is 123 Å². The van der Waals surface area contributed by atoms with E-state index in [0.717, 1.165) is 0 Å². The third-order valence-corrected chi connectivity index (χ3v) is 5.05. The first kappa shape index (κ1) is 15.5. The van der Waals surface area contributed by atoms with Gasteiger partial charge in [0.15, 0.2) is 9.84 Å². The van der Waals surface area contributed by atoms with Gasteiger partial charge in [-0.25, -0.2) is 13.2 Å². The standard InChI is InChI=1S/C14H17NO5S/c1-2-20-14(17)11-5-3-4-6-12(11)15-13(16)10-7-8-21(18,19)9-10/h3-6,10H,2,7-9H2,1H3,(H,15,16). The van der Waals surface area contributed by atoms with Crippen LogP contribution in [0.15, 0.2) is 24.3 Å². The first-order valence-corrected chi connectivity index (χ1v) is 8.52. The minimum Gasteiger partial charge on any atom is -0.462 e. The predicted molar refractivity (Wildman–Crippen MR) is 77.8 cm³/mol. The quantitative estimate of drug-likeness (QED) is 0.845. The molecule has 21 heavy (non-hydrogen) atoms. The van der Waals surface area contributed by atoms with Crippen LogP contribution in [0.2, 0.25) is 0 Å². The van der Waals surface area contributed by atoms with Gasteiger partial charge >= 0.3 is 5.97 Å². The normalized spacial score (nSPS) is 20.0. The maximum absolute atomic E-state index is 12.1. The van der Waals surface area contributed by atoms with Crippen molar-refractivity contribution in [3.05, 3.63) is 29.8 Å². The molecule has 0 bridgehead atoms. The number of anilines is 1. The Hall–Kier alpha value is -1.89. The molecule has 1 heterocycles. The molecule has 0 radical (unpaired) electrons. The summed E-state index contributed by atoms with van der Waals surface area (Å²) >= 11 is 0. The largest absolute Gasteiger partial charge is 0.462 e. The van der Waals surface area contributed by atoms with E-state index in [-0.39, 0.29) is 29.6 Å². The van der Waals surface area contributed by atoms with Crippen LogP contribution >= 0.6 is 0 Å². The Morgan fingerprint density at radius 3 is 2.67 bits per heavy atom. The first-order chi connectivity index (χ1) is 9.93. The van der Waals surface area contributed by atoms with E-state index >= 15 is 0 Å². The van der Waals surface area contributed by atoms with E-state index in [0.29, 0.717) is 12.1 Å². The second kappa shape index (κ2) is 6.26. The van der Waals surface area contributed by atoms with Crippen molar-refractivity contribution in [2.75, 3.05) is 23.4 Å². The molecule has 0 aromatic heterocycles. The number of esters is 1. The highest BCUT2D eigenvalue weighted by Crippen LogP contribution is 2.22. The van der Waals surface area contributed by atoms with Crippen molar-refractivity contribution in [1.29, 1.82) is 0 Å². The van der Waals surface area contributed by atoms with Gasteiger partial charge in [-0.2, -0.15) is 0 Å². The number of carbonyl (C=O) groups excluding carboxylic acids is 2. The highest BCUT2D eigenvalue weighted by molar-refractivity contribution is 7.91. The average molecular weight is 311 g/mol. The number of hydrogen-bond acceptors (Lipinski definition) is 5. The molecule has 1 unspecified atom stereocenters. The molecule has 0 saturated carbocycles. The smallest absolute Gasteiger partial charge is 0.340 e.